The molecule has 1 aromatic carbocycles. The third-order valence-electron chi connectivity index (χ3n) is 4.57. The number of amides is 2. The molecule has 0 spiro atoms. The standard InChI is InChI=1S/C16H17NO4/c1-8-6-11-12(7-8)15(19)17(14(11)18)13-9(2)4-3-5-10(13)16(20)21/h3-5,8,11-12H,6-7H2,1-2H3,(H,20,21). The summed E-state index contributed by atoms with van der Waals surface area (Å²) >= 11 is 0. The van der Waals surface area contributed by atoms with Crippen LogP contribution in [0.1, 0.15) is 35.7 Å². The number of carbonyl (C=O) groups is 3. The van der Waals surface area contributed by atoms with E-state index in [1.165, 1.54) is 6.07 Å². The molecule has 110 valence electrons. The number of aryl methyl sites for hydroxylation is 1. The quantitative estimate of drug-likeness (QED) is 0.846. The number of carboxylic acid groups (broad SMARTS) is 1. The molecule has 0 bridgehead atoms. The molecule has 0 radical (unpaired) electrons. The van der Waals surface area contributed by atoms with Gasteiger partial charge in [0.05, 0.1) is 23.1 Å². The van der Waals surface area contributed by atoms with Gasteiger partial charge in [-0.05, 0) is 37.3 Å². The summed E-state index contributed by atoms with van der Waals surface area (Å²) in [6.45, 7) is 3.76. The van der Waals surface area contributed by atoms with E-state index in [0.717, 1.165) is 4.90 Å². The monoisotopic (exact) mass is 287 g/mol. The predicted octanol–water partition coefficient (Wildman–Crippen LogP) is 2.23. The maximum Gasteiger partial charge on any atom is 0.337 e. The third-order valence-corrected chi connectivity index (χ3v) is 4.57. The van der Waals surface area contributed by atoms with Gasteiger partial charge >= 0.3 is 5.97 Å². The number of carboxylic acids is 1. The highest BCUT2D eigenvalue weighted by Gasteiger charge is 2.53. The topological polar surface area (TPSA) is 74.7 Å². The largest absolute Gasteiger partial charge is 0.478 e. The minimum absolute atomic E-state index is 0.00437. The summed E-state index contributed by atoms with van der Waals surface area (Å²) in [7, 11) is 0. The van der Waals surface area contributed by atoms with Gasteiger partial charge in [0.15, 0.2) is 0 Å². The van der Waals surface area contributed by atoms with Crippen molar-refractivity contribution < 1.29 is 19.5 Å². The first-order valence-corrected chi connectivity index (χ1v) is 7.12. The molecule has 2 fully saturated rings. The van der Waals surface area contributed by atoms with Crippen LogP contribution in [0.5, 0.6) is 0 Å². The van der Waals surface area contributed by atoms with Gasteiger partial charge in [-0.15, -0.1) is 0 Å². The van der Waals surface area contributed by atoms with Crippen LogP contribution in [0, 0.1) is 24.7 Å². The molecule has 2 unspecified atom stereocenters. The average Bonchev–Trinajstić information content (AvgIpc) is 2.90. The summed E-state index contributed by atoms with van der Waals surface area (Å²) in [6.07, 6.45) is 1.42. The number of carbonyl (C=O) groups excluding carboxylic acids is 2. The van der Waals surface area contributed by atoms with Gasteiger partial charge in [-0.3, -0.25) is 9.59 Å². The fourth-order valence-corrected chi connectivity index (χ4v) is 3.63. The Bertz CT molecular complexity index is 628. The van der Waals surface area contributed by atoms with Crippen molar-refractivity contribution in [1.29, 1.82) is 0 Å². The smallest absolute Gasteiger partial charge is 0.337 e. The minimum atomic E-state index is -1.13. The number of nitrogens with zero attached hydrogens (tertiary/aromatic N) is 1. The maximum absolute atomic E-state index is 12.6. The van der Waals surface area contributed by atoms with Gasteiger partial charge in [0.25, 0.3) is 0 Å². The Labute approximate surface area is 122 Å². The maximum atomic E-state index is 12.6. The summed E-state index contributed by atoms with van der Waals surface area (Å²) in [5, 5.41) is 9.32. The van der Waals surface area contributed by atoms with Crippen molar-refractivity contribution >= 4 is 23.5 Å². The van der Waals surface area contributed by atoms with E-state index in [2.05, 4.69) is 0 Å². The van der Waals surface area contributed by atoms with Crippen LogP contribution >= 0.6 is 0 Å². The van der Waals surface area contributed by atoms with Crippen LogP contribution in [-0.4, -0.2) is 22.9 Å². The van der Waals surface area contributed by atoms with E-state index in [0.29, 0.717) is 24.3 Å². The minimum Gasteiger partial charge on any atom is -0.478 e. The van der Waals surface area contributed by atoms with Gasteiger partial charge in [0.1, 0.15) is 0 Å². The molecule has 5 heteroatoms. The van der Waals surface area contributed by atoms with Crippen molar-refractivity contribution in [3.63, 3.8) is 0 Å². The van der Waals surface area contributed by atoms with Crippen molar-refractivity contribution in [2.24, 2.45) is 17.8 Å². The second kappa shape index (κ2) is 4.69. The molecule has 1 N–H and O–H groups in total. The Morgan fingerprint density at radius 3 is 2.29 bits per heavy atom. The fraction of sp³-hybridized carbons (Fsp3) is 0.438. The predicted molar refractivity (Wildman–Crippen MR) is 76.0 cm³/mol. The fourth-order valence-electron chi connectivity index (χ4n) is 3.63. The van der Waals surface area contributed by atoms with Crippen LogP contribution < -0.4 is 4.90 Å². The van der Waals surface area contributed by atoms with Gasteiger partial charge < -0.3 is 5.11 Å². The van der Waals surface area contributed by atoms with E-state index in [-0.39, 0.29) is 34.9 Å². The molecular weight excluding hydrogens is 270 g/mol. The van der Waals surface area contributed by atoms with E-state index >= 15 is 0 Å². The summed E-state index contributed by atoms with van der Waals surface area (Å²) in [4.78, 5) is 37.7. The molecule has 1 saturated carbocycles. The number of fused-ring (bicyclic) bond motifs is 1. The molecule has 2 atom stereocenters. The molecule has 1 aromatic rings. The molecule has 2 aliphatic rings. The van der Waals surface area contributed by atoms with E-state index in [4.69, 9.17) is 0 Å². The van der Waals surface area contributed by atoms with E-state index in [1.54, 1.807) is 19.1 Å². The number of hydrogen-bond donors (Lipinski definition) is 1. The Morgan fingerprint density at radius 1 is 1.19 bits per heavy atom. The Balaban J connectivity index is 2.09. The Hall–Kier alpha value is -2.17. The van der Waals surface area contributed by atoms with Gasteiger partial charge in [-0.25, -0.2) is 9.69 Å². The third kappa shape index (κ3) is 1.95. The second-order valence-electron chi connectivity index (χ2n) is 6.08. The highest BCUT2D eigenvalue weighted by atomic mass is 16.4. The molecule has 0 aromatic heterocycles. The summed E-state index contributed by atoms with van der Waals surface area (Å²) < 4.78 is 0. The van der Waals surface area contributed by atoms with Crippen molar-refractivity contribution in [3.8, 4) is 0 Å². The van der Waals surface area contributed by atoms with Crippen LogP contribution in [0.15, 0.2) is 18.2 Å². The van der Waals surface area contributed by atoms with Gasteiger partial charge in [-0.2, -0.15) is 0 Å². The van der Waals surface area contributed by atoms with Crippen LogP contribution in [-0.2, 0) is 9.59 Å². The lowest BCUT2D eigenvalue weighted by atomic mass is 10.00. The molecule has 1 aliphatic carbocycles. The SMILES string of the molecule is Cc1cccc(C(=O)O)c1N1C(=O)C2CC(C)CC2C1=O. The summed E-state index contributed by atoms with van der Waals surface area (Å²) in [5.41, 5.74) is 0.872. The number of imide groups is 1. The molecule has 2 amide bonds. The van der Waals surface area contributed by atoms with Crippen LogP contribution in [0.3, 0.4) is 0 Å². The number of hydrogen-bond acceptors (Lipinski definition) is 3. The molecule has 1 heterocycles. The lowest BCUT2D eigenvalue weighted by Gasteiger charge is -2.21. The van der Waals surface area contributed by atoms with Gasteiger partial charge in [-0.1, -0.05) is 19.1 Å². The van der Waals surface area contributed by atoms with Crippen LogP contribution in [0.25, 0.3) is 0 Å². The number of benzene rings is 1. The van der Waals surface area contributed by atoms with Crippen molar-refractivity contribution in [2.75, 3.05) is 4.90 Å². The molecular formula is C16H17NO4. The zero-order valence-corrected chi connectivity index (χ0v) is 12.0. The Morgan fingerprint density at radius 2 is 1.76 bits per heavy atom. The molecule has 5 nitrogen and oxygen atoms in total. The number of anilines is 1. The molecule has 1 saturated heterocycles. The van der Waals surface area contributed by atoms with Crippen molar-refractivity contribution in [2.45, 2.75) is 26.7 Å². The highest BCUT2D eigenvalue weighted by Crippen LogP contribution is 2.45. The Kier molecular flexibility index (Phi) is 3.08. The normalized spacial score (nSPS) is 28.1. The lowest BCUT2D eigenvalue weighted by molar-refractivity contribution is -0.123. The summed E-state index contributed by atoms with van der Waals surface area (Å²) in [5.74, 6) is -1.81. The summed E-state index contributed by atoms with van der Waals surface area (Å²) in [6, 6.07) is 4.78. The number of rotatable bonds is 2. The van der Waals surface area contributed by atoms with Crippen molar-refractivity contribution in [1.82, 2.24) is 0 Å². The number of aromatic carboxylic acids is 1. The first kappa shape index (κ1) is 13.8. The lowest BCUT2D eigenvalue weighted by Crippen LogP contribution is -2.34. The number of para-hydroxylation sites is 1. The van der Waals surface area contributed by atoms with Crippen LogP contribution in [0.2, 0.25) is 0 Å². The zero-order valence-electron chi connectivity index (χ0n) is 12.0. The van der Waals surface area contributed by atoms with Crippen molar-refractivity contribution in [3.05, 3.63) is 29.3 Å². The zero-order chi connectivity index (χ0) is 15.3. The van der Waals surface area contributed by atoms with Gasteiger partial charge in [0.2, 0.25) is 11.8 Å². The second-order valence-corrected chi connectivity index (χ2v) is 6.08. The van der Waals surface area contributed by atoms with E-state index in [9.17, 15) is 19.5 Å². The highest BCUT2D eigenvalue weighted by molar-refractivity contribution is 6.24. The molecule has 3 rings (SSSR count). The van der Waals surface area contributed by atoms with E-state index < -0.39 is 5.97 Å². The molecule has 1 aliphatic heterocycles. The van der Waals surface area contributed by atoms with E-state index in [1.807, 2.05) is 6.92 Å². The first-order chi connectivity index (χ1) is 9.91. The first-order valence-electron chi connectivity index (χ1n) is 7.12. The van der Waals surface area contributed by atoms with Gasteiger partial charge in [0, 0.05) is 0 Å². The average molecular weight is 287 g/mol. The molecule has 21 heavy (non-hydrogen) atoms. The van der Waals surface area contributed by atoms with Crippen LogP contribution in [0.4, 0.5) is 5.69 Å².